The summed E-state index contributed by atoms with van der Waals surface area (Å²) in [5, 5.41) is -0.0319. The number of carbonyl (C=O) groups is 2. The molecule has 1 atom stereocenters. The maximum absolute atomic E-state index is 12.7. The largest absolute Gasteiger partial charge is 0.491 e. The first-order chi connectivity index (χ1) is 11.5. The van der Waals surface area contributed by atoms with E-state index in [9.17, 15) is 9.59 Å². The highest BCUT2D eigenvalue weighted by Gasteiger charge is 2.39. The lowest BCUT2D eigenvalue weighted by Crippen LogP contribution is -2.37. The molecule has 24 heavy (non-hydrogen) atoms. The molecule has 128 valence electrons. The Hall–Kier alpha value is -1.85. The van der Waals surface area contributed by atoms with E-state index in [1.165, 1.54) is 4.90 Å². The van der Waals surface area contributed by atoms with E-state index in [4.69, 9.17) is 21.1 Å². The highest BCUT2D eigenvalue weighted by Crippen LogP contribution is 2.33. The first kappa shape index (κ1) is 17.0. The van der Waals surface area contributed by atoms with Crippen molar-refractivity contribution in [2.45, 2.75) is 38.9 Å². The second-order valence-corrected chi connectivity index (χ2v) is 6.61. The molecule has 2 amide bonds. The minimum atomic E-state index is -0.449. The quantitative estimate of drug-likeness (QED) is 0.767. The molecule has 6 heteroatoms. The Labute approximate surface area is 146 Å². The SMILES string of the molecule is CC(C)Oc1ccc(C2=C(Cl)C(=O)N(CC3CCCO3)C2=O)cc1. The van der Waals surface area contributed by atoms with E-state index in [2.05, 4.69) is 0 Å². The number of amides is 2. The van der Waals surface area contributed by atoms with Crippen molar-refractivity contribution in [1.82, 2.24) is 4.90 Å². The molecule has 1 saturated heterocycles. The maximum Gasteiger partial charge on any atom is 0.273 e. The van der Waals surface area contributed by atoms with E-state index < -0.39 is 5.91 Å². The summed E-state index contributed by atoms with van der Waals surface area (Å²) in [5.74, 6) is -0.105. The highest BCUT2D eigenvalue weighted by atomic mass is 35.5. The molecule has 0 aliphatic carbocycles. The first-order valence-electron chi connectivity index (χ1n) is 8.12. The number of carbonyl (C=O) groups excluding carboxylic acids is 2. The molecular weight excluding hydrogens is 330 g/mol. The van der Waals surface area contributed by atoms with Crippen LogP contribution < -0.4 is 4.74 Å². The van der Waals surface area contributed by atoms with Gasteiger partial charge in [0.05, 0.1) is 24.3 Å². The fourth-order valence-electron chi connectivity index (χ4n) is 2.93. The highest BCUT2D eigenvalue weighted by molar-refractivity contribution is 6.55. The Bertz CT molecular complexity index is 675. The Morgan fingerprint density at radius 2 is 1.96 bits per heavy atom. The Morgan fingerprint density at radius 3 is 2.54 bits per heavy atom. The number of benzene rings is 1. The number of hydrogen-bond acceptors (Lipinski definition) is 4. The van der Waals surface area contributed by atoms with Gasteiger partial charge in [0.1, 0.15) is 10.8 Å². The van der Waals surface area contributed by atoms with E-state index in [-0.39, 0.29) is 35.3 Å². The molecule has 1 fully saturated rings. The summed E-state index contributed by atoms with van der Waals surface area (Å²) < 4.78 is 11.1. The predicted molar refractivity (Wildman–Crippen MR) is 90.7 cm³/mol. The monoisotopic (exact) mass is 349 g/mol. The van der Waals surface area contributed by atoms with Crippen LogP contribution in [0.4, 0.5) is 0 Å². The van der Waals surface area contributed by atoms with Crippen molar-refractivity contribution >= 4 is 29.0 Å². The summed E-state index contributed by atoms with van der Waals surface area (Å²) in [7, 11) is 0. The van der Waals surface area contributed by atoms with Crippen LogP contribution in [0.3, 0.4) is 0 Å². The number of rotatable bonds is 5. The molecule has 0 N–H and O–H groups in total. The van der Waals surface area contributed by atoms with Gasteiger partial charge in [-0.3, -0.25) is 14.5 Å². The first-order valence-corrected chi connectivity index (χ1v) is 8.50. The molecule has 3 rings (SSSR count). The van der Waals surface area contributed by atoms with Gasteiger partial charge in [-0.25, -0.2) is 0 Å². The molecular formula is C18H20ClNO4. The predicted octanol–water partition coefficient (Wildman–Crippen LogP) is 2.97. The van der Waals surface area contributed by atoms with Gasteiger partial charge in [0, 0.05) is 6.61 Å². The average molecular weight is 350 g/mol. The van der Waals surface area contributed by atoms with Crippen LogP contribution in [0, 0.1) is 0 Å². The Balaban J connectivity index is 1.79. The Kier molecular flexibility index (Phi) is 4.92. The van der Waals surface area contributed by atoms with Crippen LogP contribution in [0.25, 0.3) is 5.57 Å². The minimum absolute atomic E-state index is 0.0319. The molecule has 0 bridgehead atoms. The molecule has 0 saturated carbocycles. The van der Waals surface area contributed by atoms with Crippen LogP contribution >= 0.6 is 11.6 Å². The third-order valence-electron chi connectivity index (χ3n) is 4.04. The van der Waals surface area contributed by atoms with Crippen molar-refractivity contribution in [2.75, 3.05) is 13.2 Å². The van der Waals surface area contributed by atoms with Crippen molar-refractivity contribution in [2.24, 2.45) is 0 Å². The summed E-state index contributed by atoms with van der Waals surface area (Å²) in [4.78, 5) is 26.2. The summed E-state index contributed by atoms with van der Waals surface area (Å²) in [6.07, 6.45) is 1.77. The summed E-state index contributed by atoms with van der Waals surface area (Å²) in [6, 6.07) is 7.03. The number of imide groups is 1. The molecule has 2 aliphatic rings. The maximum atomic E-state index is 12.7. The van der Waals surface area contributed by atoms with Crippen molar-refractivity contribution in [1.29, 1.82) is 0 Å². The Morgan fingerprint density at radius 1 is 1.25 bits per heavy atom. The number of halogens is 1. The second kappa shape index (κ2) is 6.95. The van der Waals surface area contributed by atoms with Gasteiger partial charge < -0.3 is 9.47 Å². The lowest BCUT2D eigenvalue weighted by atomic mass is 10.1. The van der Waals surface area contributed by atoms with E-state index in [0.717, 1.165) is 12.8 Å². The number of nitrogens with zero attached hydrogens (tertiary/aromatic N) is 1. The topological polar surface area (TPSA) is 55.8 Å². The number of ether oxygens (including phenoxy) is 2. The fourth-order valence-corrected chi connectivity index (χ4v) is 3.22. The van der Waals surface area contributed by atoms with Gasteiger partial charge >= 0.3 is 0 Å². The molecule has 0 spiro atoms. The summed E-state index contributed by atoms with van der Waals surface area (Å²) in [6.45, 7) is 4.81. The lowest BCUT2D eigenvalue weighted by Gasteiger charge is -2.18. The van der Waals surface area contributed by atoms with Crippen molar-refractivity contribution in [3.05, 3.63) is 34.9 Å². The smallest absolute Gasteiger partial charge is 0.273 e. The average Bonchev–Trinajstić information content (AvgIpc) is 3.12. The fraction of sp³-hybridized carbons (Fsp3) is 0.444. The van der Waals surface area contributed by atoms with Crippen LogP contribution in [0.15, 0.2) is 29.3 Å². The van der Waals surface area contributed by atoms with Gasteiger partial charge in [-0.1, -0.05) is 23.7 Å². The van der Waals surface area contributed by atoms with Crippen LogP contribution in [0.5, 0.6) is 5.75 Å². The van der Waals surface area contributed by atoms with Gasteiger partial charge in [0.2, 0.25) is 0 Å². The van der Waals surface area contributed by atoms with Gasteiger partial charge in [-0.05, 0) is 44.4 Å². The van der Waals surface area contributed by atoms with Crippen LogP contribution in [-0.2, 0) is 14.3 Å². The molecule has 5 nitrogen and oxygen atoms in total. The zero-order valence-corrected chi connectivity index (χ0v) is 14.5. The second-order valence-electron chi connectivity index (χ2n) is 6.24. The standard InChI is InChI=1S/C18H20ClNO4/c1-11(2)24-13-7-5-12(6-8-13)15-16(19)18(22)20(17(15)21)10-14-4-3-9-23-14/h5-8,11,14H,3-4,9-10H2,1-2H3. The summed E-state index contributed by atoms with van der Waals surface area (Å²) in [5.41, 5.74) is 0.861. The van der Waals surface area contributed by atoms with Gasteiger partial charge in [-0.2, -0.15) is 0 Å². The zero-order chi connectivity index (χ0) is 17.3. The molecule has 0 radical (unpaired) electrons. The molecule has 0 aromatic heterocycles. The van der Waals surface area contributed by atoms with Crippen LogP contribution in [0.2, 0.25) is 0 Å². The van der Waals surface area contributed by atoms with Crippen LogP contribution in [0.1, 0.15) is 32.3 Å². The third kappa shape index (κ3) is 3.32. The lowest BCUT2D eigenvalue weighted by molar-refractivity contribution is -0.138. The van der Waals surface area contributed by atoms with E-state index in [1.54, 1.807) is 24.3 Å². The van der Waals surface area contributed by atoms with E-state index >= 15 is 0 Å². The van der Waals surface area contributed by atoms with Gasteiger partial charge in [0.25, 0.3) is 11.8 Å². The van der Waals surface area contributed by atoms with Crippen molar-refractivity contribution < 1.29 is 19.1 Å². The molecule has 1 unspecified atom stereocenters. The van der Waals surface area contributed by atoms with Crippen molar-refractivity contribution in [3.63, 3.8) is 0 Å². The minimum Gasteiger partial charge on any atom is -0.491 e. The van der Waals surface area contributed by atoms with E-state index in [1.807, 2.05) is 13.8 Å². The molecule has 2 heterocycles. The van der Waals surface area contributed by atoms with E-state index in [0.29, 0.717) is 17.9 Å². The molecule has 2 aliphatic heterocycles. The summed E-state index contributed by atoms with van der Waals surface area (Å²) >= 11 is 6.16. The van der Waals surface area contributed by atoms with Crippen LogP contribution in [-0.4, -0.2) is 42.1 Å². The molecule has 1 aromatic rings. The van der Waals surface area contributed by atoms with Gasteiger partial charge in [0.15, 0.2) is 0 Å². The normalized spacial score (nSPS) is 21.3. The third-order valence-corrected chi connectivity index (χ3v) is 4.39. The zero-order valence-electron chi connectivity index (χ0n) is 13.8. The number of hydrogen-bond donors (Lipinski definition) is 0. The molecule has 1 aromatic carbocycles. The van der Waals surface area contributed by atoms with Crippen molar-refractivity contribution in [3.8, 4) is 5.75 Å². The van der Waals surface area contributed by atoms with Gasteiger partial charge in [-0.15, -0.1) is 0 Å².